The molecule has 0 saturated carbocycles. The zero-order valence-electron chi connectivity index (χ0n) is 11.6. The molecule has 0 unspecified atom stereocenters. The number of carbonyl (C=O) groups excluding carboxylic acids is 3. The molecule has 7 nitrogen and oxygen atoms in total. The minimum Gasteiger partial charge on any atom is -0.469 e. The Morgan fingerprint density at radius 1 is 1.16 bits per heavy atom. The largest absolute Gasteiger partial charge is 0.469 e. The van der Waals surface area contributed by atoms with Crippen LogP contribution in [0.25, 0.3) is 0 Å². The Morgan fingerprint density at radius 3 is 2.16 bits per heavy atom. The molecule has 2 atom stereocenters. The second-order valence-corrected chi connectivity index (χ2v) is 4.51. The third-order valence-corrected chi connectivity index (χ3v) is 2.40. The number of esters is 2. The summed E-state index contributed by atoms with van der Waals surface area (Å²) >= 11 is 0. The van der Waals surface area contributed by atoms with Gasteiger partial charge in [-0.15, -0.1) is 0 Å². The molecule has 0 fully saturated rings. The van der Waals surface area contributed by atoms with E-state index in [4.69, 9.17) is 0 Å². The number of nitrogens with one attached hydrogen (secondary N) is 1. The van der Waals surface area contributed by atoms with Gasteiger partial charge in [-0.25, -0.2) is 4.79 Å². The van der Waals surface area contributed by atoms with Crippen LogP contribution in [0.3, 0.4) is 0 Å². The second-order valence-electron chi connectivity index (χ2n) is 4.51. The summed E-state index contributed by atoms with van der Waals surface area (Å²) in [6, 6.07) is -1.16. The zero-order valence-corrected chi connectivity index (χ0v) is 11.6. The number of ether oxygens (including phenoxy) is 2. The Hall–Kier alpha value is -1.63. The number of aliphatic hydroxyl groups is 1. The number of methoxy groups -OCH3 is 2. The van der Waals surface area contributed by atoms with Crippen LogP contribution in [-0.4, -0.2) is 49.3 Å². The molecule has 0 aliphatic heterocycles. The van der Waals surface area contributed by atoms with E-state index in [9.17, 15) is 19.5 Å². The highest BCUT2D eigenvalue weighted by atomic mass is 16.5. The van der Waals surface area contributed by atoms with Crippen LogP contribution >= 0.6 is 0 Å². The van der Waals surface area contributed by atoms with Crippen LogP contribution in [0.4, 0.5) is 0 Å². The Labute approximate surface area is 112 Å². The van der Waals surface area contributed by atoms with Crippen LogP contribution in [0, 0.1) is 5.92 Å². The fourth-order valence-corrected chi connectivity index (χ4v) is 1.41. The molecule has 0 aromatic heterocycles. The molecule has 0 aliphatic carbocycles. The van der Waals surface area contributed by atoms with Crippen molar-refractivity contribution in [3.63, 3.8) is 0 Å². The van der Waals surface area contributed by atoms with Crippen molar-refractivity contribution < 1.29 is 29.0 Å². The lowest BCUT2D eigenvalue weighted by Crippen LogP contribution is -2.47. The van der Waals surface area contributed by atoms with Crippen molar-refractivity contribution in [2.24, 2.45) is 5.92 Å². The van der Waals surface area contributed by atoms with E-state index >= 15 is 0 Å². The van der Waals surface area contributed by atoms with Crippen molar-refractivity contribution in [3.8, 4) is 0 Å². The maximum atomic E-state index is 11.7. The van der Waals surface area contributed by atoms with E-state index in [1.807, 2.05) is 13.8 Å². The summed E-state index contributed by atoms with van der Waals surface area (Å²) in [6.45, 7) is 3.70. The zero-order chi connectivity index (χ0) is 15.0. The predicted octanol–water partition coefficient (Wildman–Crippen LogP) is -0.386. The van der Waals surface area contributed by atoms with Crippen molar-refractivity contribution in [3.05, 3.63) is 0 Å². The maximum Gasteiger partial charge on any atom is 0.328 e. The monoisotopic (exact) mass is 275 g/mol. The summed E-state index contributed by atoms with van der Waals surface area (Å²) in [6.07, 6.45) is -1.31. The quantitative estimate of drug-likeness (QED) is 0.614. The van der Waals surface area contributed by atoms with E-state index in [0.29, 0.717) is 0 Å². The van der Waals surface area contributed by atoms with Crippen LogP contribution in [-0.2, 0) is 23.9 Å². The molecule has 0 aromatic carbocycles. The lowest BCUT2D eigenvalue weighted by Gasteiger charge is -2.18. The molecule has 0 aliphatic rings. The van der Waals surface area contributed by atoms with Gasteiger partial charge >= 0.3 is 11.9 Å². The number of hydrogen-bond acceptors (Lipinski definition) is 6. The number of hydrogen-bond donors (Lipinski definition) is 2. The van der Waals surface area contributed by atoms with Gasteiger partial charge in [-0.1, -0.05) is 13.8 Å². The van der Waals surface area contributed by atoms with E-state index < -0.39 is 30.0 Å². The first kappa shape index (κ1) is 17.4. The van der Waals surface area contributed by atoms with Crippen LogP contribution in [0.2, 0.25) is 0 Å². The smallest absolute Gasteiger partial charge is 0.328 e. The van der Waals surface area contributed by atoms with Crippen molar-refractivity contribution in [1.82, 2.24) is 5.32 Å². The third kappa shape index (κ3) is 6.76. The van der Waals surface area contributed by atoms with Gasteiger partial charge in [0.25, 0.3) is 0 Å². The predicted molar refractivity (Wildman–Crippen MR) is 66.0 cm³/mol. The molecule has 0 radical (unpaired) electrons. The summed E-state index contributed by atoms with van der Waals surface area (Å²) in [5.74, 6) is -2.02. The van der Waals surface area contributed by atoms with E-state index in [-0.39, 0.29) is 18.8 Å². The highest BCUT2D eigenvalue weighted by Gasteiger charge is 2.27. The fraction of sp³-hybridized carbons (Fsp3) is 0.750. The van der Waals surface area contributed by atoms with Gasteiger partial charge in [0.05, 0.1) is 20.6 Å². The van der Waals surface area contributed by atoms with Crippen molar-refractivity contribution in [1.29, 1.82) is 0 Å². The average molecular weight is 275 g/mol. The van der Waals surface area contributed by atoms with Gasteiger partial charge in [-0.05, 0) is 12.3 Å². The molecule has 0 spiro atoms. The Bertz CT molecular complexity index is 328. The highest BCUT2D eigenvalue weighted by molar-refractivity contribution is 5.89. The first-order chi connectivity index (χ1) is 8.81. The molecule has 0 aromatic rings. The summed E-state index contributed by atoms with van der Waals surface area (Å²) in [7, 11) is 2.31. The van der Waals surface area contributed by atoms with Gasteiger partial charge in [0.1, 0.15) is 12.1 Å². The summed E-state index contributed by atoms with van der Waals surface area (Å²) in [5.41, 5.74) is 0. The molecule has 7 heteroatoms. The van der Waals surface area contributed by atoms with Crippen LogP contribution in [0.1, 0.15) is 26.7 Å². The normalized spacial score (nSPS) is 13.6. The van der Waals surface area contributed by atoms with Gasteiger partial charge in [-0.3, -0.25) is 9.59 Å². The second kappa shape index (κ2) is 8.47. The molecule has 110 valence electrons. The Kier molecular flexibility index (Phi) is 7.74. The van der Waals surface area contributed by atoms with Gasteiger partial charge in [-0.2, -0.15) is 0 Å². The molecule has 19 heavy (non-hydrogen) atoms. The summed E-state index contributed by atoms with van der Waals surface area (Å²) in [4.78, 5) is 34.2. The van der Waals surface area contributed by atoms with Gasteiger partial charge in [0.2, 0.25) is 5.91 Å². The fourth-order valence-electron chi connectivity index (χ4n) is 1.41. The number of carbonyl (C=O) groups is 3. The molecule has 1 amide bonds. The first-order valence-electron chi connectivity index (χ1n) is 5.94. The van der Waals surface area contributed by atoms with Crippen molar-refractivity contribution in [2.45, 2.75) is 38.8 Å². The SMILES string of the molecule is COC(=O)C[C@H](NC(=O)[C@H](O)CC(C)C)C(=O)OC. The van der Waals surface area contributed by atoms with E-state index in [2.05, 4.69) is 14.8 Å². The number of amides is 1. The van der Waals surface area contributed by atoms with E-state index in [1.54, 1.807) is 0 Å². The lowest BCUT2D eigenvalue weighted by molar-refractivity contribution is -0.151. The minimum atomic E-state index is -1.23. The maximum absolute atomic E-state index is 11.7. The minimum absolute atomic E-state index is 0.123. The van der Waals surface area contributed by atoms with Crippen molar-refractivity contribution >= 4 is 17.8 Å². The average Bonchev–Trinajstić information content (AvgIpc) is 2.35. The lowest BCUT2D eigenvalue weighted by atomic mass is 10.1. The number of rotatable bonds is 7. The molecule has 0 heterocycles. The third-order valence-electron chi connectivity index (χ3n) is 2.40. The van der Waals surface area contributed by atoms with Crippen LogP contribution < -0.4 is 5.32 Å². The summed E-state index contributed by atoms with van der Waals surface area (Å²) < 4.78 is 8.90. The van der Waals surface area contributed by atoms with Gasteiger partial charge < -0.3 is 19.9 Å². The molecular weight excluding hydrogens is 254 g/mol. The molecule has 2 N–H and O–H groups in total. The summed E-state index contributed by atoms with van der Waals surface area (Å²) in [5, 5.41) is 11.9. The Balaban J connectivity index is 4.59. The topological polar surface area (TPSA) is 102 Å². The molecule has 0 bridgehead atoms. The van der Waals surface area contributed by atoms with E-state index in [0.717, 1.165) is 7.11 Å². The van der Waals surface area contributed by atoms with Crippen LogP contribution in [0.5, 0.6) is 0 Å². The number of aliphatic hydroxyl groups excluding tert-OH is 1. The molecule has 0 rings (SSSR count). The van der Waals surface area contributed by atoms with Crippen molar-refractivity contribution in [2.75, 3.05) is 14.2 Å². The van der Waals surface area contributed by atoms with Crippen LogP contribution in [0.15, 0.2) is 0 Å². The van der Waals surface area contributed by atoms with Gasteiger partial charge in [0.15, 0.2) is 0 Å². The first-order valence-corrected chi connectivity index (χ1v) is 5.94. The molecule has 0 saturated heterocycles. The highest BCUT2D eigenvalue weighted by Crippen LogP contribution is 2.06. The standard InChI is InChI=1S/C12H21NO6/c1-7(2)5-9(14)11(16)13-8(12(17)19-4)6-10(15)18-3/h7-9,14H,5-6H2,1-4H3,(H,13,16)/t8-,9+/m0/s1. The molecular formula is C12H21NO6. The van der Waals surface area contributed by atoms with Gasteiger partial charge in [0, 0.05) is 0 Å². The Morgan fingerprint density at radius 2 is 1.74 bits per heavy atom. The van der Waals surface area contributed by atoms with E-state index in [1.165, 1.54) is 7.11 Å².